The Hall–Kier alpha value is -3.46. The Morgan fingerprint density at radius 1 is 0.767 bits per heavy atom. The third kappa shape index (κ3) is 2.98. The number of pyridine rings is 1. The Kier molecular flexibility index (Phi) is 4.21. The minimum absolute atomic E-state index is 0.0270. The van der Waals surface area contributed by atoms with Crippen LogP contribution in [0.4, 0.5) is 4.39 Å². The Bertz CT molecular complexity index is 1360. The number of rotatable bonds is 2. The maximum Gasteiger partial charge on any atom is 0.164 e. The highest BCUT2D eigenvalue weighted by Gasteiger charge is 2.23. The average Bonchev–Trinajstić information content (AvgIpc) is 3.11. The maximum atomic E-state index is 15.9. The van der Waals surface area contributed by atoms with Crippen molar-refractivity contribution in [3.63, 3.8) is 0 Å². The van der Waals surface area contributed by atoms with Gasteiger partial charge in [-0.05, 0) is 28.7 Å². The van der Waals surface area contributed by atoms with Crippen molar-refractivity contribution in [1.82, 2.24) is 4.98 Å². The van der Waals surface area contributed by atoms with Gasteiger partial charge in [0.05, 0.1) is 5.56 Å². The molecule has 0 aliphatic heterocycles. The van der Waals surface area contributed by atoms with E-state index in [0.717, 1.165) is 16.5 Å². The monoisotopic (exact) mass is 395 g/mol. The van der Waals surface area contributed by atoms with Gasteiger partial charge in [-0.3, -0.25) is 0 Å². The Morgan fingerprint density at radius 2 is 1.43 bits per heavy atom. The number of fused-ring (bicyclic) bond motifs is 3. The van der Waals surface area contributed by atoms with Crippen molar-refractivity contribution in [2.45, 2.75) is 26.2 Å². The summed E-state index contributed by atoms with van der Waals surface area (Å²) in [6, 6.07) is 25.3. The number of para-hydroxylation sites is 1. The lowest BCUT2D eigenvalue weighted by atomic mass is 9.86. The molecule has 2 aromatic heterocycles. The normalized spacial score (nSPS) is 12.0. The van der Waals surface area contributed by atoms with Crippen LogP contribution >= 0.6 is 0 Å². The van der Waals surface area contributed by atoms with E-state index in [1.54, 1.807) is 0 Å². The lowest BCUT2D eigenvalue weighted by Gasteiger charge is -2.19. The highest BCUT2D eigenvalue weighted by Crippen LogP contribution is 2.40. The molecular formula is C27H22FNO. The number of aromatic nitrogens is 1. The predicted molar refractivity (Wildman–Crippen MR) is 121 cm³/mol. The molecule has 0 bridgehead atoms. The molecule has 0 amide bonds. The molecule has 5 rings (SSSR count). The minimum atomic E-state index is -0.365. The molecule has 0 aliphatic rings. The van der Waals surface area contributed by atoms with Crippen LogP contribution in [0.25, 0.3) is 44.5 Å². The van der Waals surface area contributed by atoms with E-state index in [4.69, 9.17) is 9.40 Å². The van der Waals surface area contributed by atoms with E-state index in [2.05, 4.69) is 32.9 Å². The van der Waals surface area contributed by atoms with Gasteiger partial charge < -0.3 is 4.42 Å². The van der Waals surface area contributed by atoms with Crippen molar-refractivity contribution in [3.05, 3.63) is 90.2 Å². The van der Waals surface area contributed by atoms with Gasteiger partial charge in [-0.25, -0.2) is 9.37 Å². The van der Waals surface area contributed by atoms with Crippen LogP contribution in [0, 0.1) is 5.82 Å². The highest BCUT2D eigenvalue weighted by atomic mass is 19.1. The fraction of sp³-hybridized carbons (Fsp3) is 0.148. The minimum Gasteiger partial charge on any atom is -0.454 e. The molecule has 3 aromatic carbocycles. The van der Waals surface area contributed by atoms with Crippen molar-refractivity contribution in [1.29, 1.82) is 0 Å². The third-order valence-corrected chi connectivity index (χ3v) is 5.53. The van der Waals surface area contributed by atoms with Gasteiger partial charge in [0.25, 0.3) is 0 Å². The van der Waals surface area contributed by atoms with Gasteiger partial charge in [-0.15, -0.1) is 0 Å². The zero-order valence-electron chi connectivity index (χ0n) is 17.2. The van der Waals surface area contributed by atoms with E-state index in [1.165, 1.54) is 5.56 Å². The van der Waals surface area contributed by atoms with Gasteiger partial charge in [0, 0.05) is 10.9 Å². The van der Waals surface area contributed by atoms with E-state index in [0.29, 0.717) is 27.9 Å². The smallest absolute Gasteiger partial charge is 0.164 e. The standard InChI is InChI=1S/C27H22FNO/c1-27(2,3)19-15-13-17(14-16-19)22-23(28)24(18-9-5-4-6-10-18)29-25-20-11-7-8-12-21(20)30-26(22)25/h4-16H,1-3H3. The van der Waals surface area contributed by atoms with Crippen LogP contribution in [0.1, 0.15) is 26.3 Å². The second-order valence-electron chi connectivity index (χ2n) is 8.62. The van der Waals surface area contributed by atoms with Gasteiger partial charge in [0.1, 0.15) is 16.8 Å². The summed E-state index contributed by atoms with van der Waals surface area (Å²) >= 11 is 0. The topological polar surface area (TPSA) is 26.0 Å². The zero-order chi connectivity index (χ0) is 20.9. The maximum absolute atomic E-state index is 15.9. The molecule has 0 aliphatic carbocycles. The molecule has 30 heavy (non-hydrogen) atoms. The quantitative estimate of drug-likeness (QED) is 0.305. The van der Waals surface area contributed by atoms with Crippen molar-refractivity contribution < 1.29 is 8.81 Å². The predicted octanol–water partition coefficient (Wildman–Crippen LogP) is 7.75. The molecule has 5 aromatic rings. The zero-order valence-corrected chi connectivity index (χ0v) is 17.2. The van der Waals surface area contributed by atoms with Crippen LogP contribution in [0.3, 0.4) is 0 Å². The highest BCUT2D eigenvalue weighted by molar-refractivity contribution is 6.08. The molecule has 3 heteroatoms. The van der Waals surface area contributed by atoms with E-state index >= 15 is 4.39 Å². The van der Waals surface area contributed by atoms with E-state index in [1.807, 2.05) is 66.7 Å². The van der Waals surface area contributed by atoms with Gasteiger partial charge >= 0.3 is 0 Å². The van der Waals surface area contributed by atoms with Crippen molar-refractivity contribution in [3.8, 4) is 22.4 Å². The molecule has 0 saturated carbocycles. The summed E-state index contributed by atoms with van der Waals surface area (Å²) in [5.41, 5.74) is 5.41. The SMILES string of the molecule is CC(C)(C)c1ccc(-c2c(F)c(-c3ccccc3)nc3c2oc2ccccc23)cc1. The van der Waals surface area contributed by atoms with Crippen LogP contribution in [-0.2, 0) is 5.41 Å². The molecule has 0 unspecified atom stereocenters. The first-order valence-corrected chi connectivity index (χ1v) is 10.1. The second kappa shape index (κ2) is 6.81. The summed E-state index contributed by atoms with van der Waals surface area (Å²) in [7, 11) is 0. The van der Waals surface area contributed by atoms with Crippen LogP contribution < -0.4 is 0 Å². The average molecular weight is 395 g/mol. The number of benzene rings is 3. The molecule has 148 valence electrons. The summed E-state index contributed by atoms with van der Waals surface area (Å²) in [6.45, 7) is 6.50. The van der Waals surface area contributed by atoms with Gasteiger partial charge in [0.2, 0.25) is 0 Å². The molecule has 0 fully saturated rings. The van der Waals surface area contributed by atoms with Crippen LogP contribution in [0.15, 0.2) is 83.3 Å². The summed E-state index contributed by atoms with van der Waals surface area (Å²) in [6.07, 6.45) is 0. The summed E-state index contributed by atoms with van der Waals surface area (Å²) in [4.78, 5) is 4.71. The Balaban J connectivity index is 1.84. The number of furan rings is 1. The van der Waals surface area contributed by atoms with Gasteiger partial charge in [0.15, 0.2) is 11.4 Å². The van der Waals surface area contributed by atoms with Crippen molar-refractivity contribution in [2.24, 2.45) is 0 Å². The fourth-order valence-electron chi connectivity index (χ4n) is 3.87. The van der Waals surface area contributed by atoms with Crippen LogP contribution in [0.5, 0.6) is 0 Å². The largest absolute Gasteiger partial charge is 0.454 e. The lowest BCUT2D eigenvalue weighted by Crippen LogP contribution is -2.10. The van der Waals surface area contributed by atoms with Crippen molar-refractivity contribution >= 4 is 22.1 Å². The van der Waals surface area contributed by atoms with Gasteiger partial charge in [-0.1, -0.05) is 87.5 Å². The third-order valence-electron chi connectivity index (χ3n) is 5.53. The molecular weight excluding hydrogens is 373 g/mol. The molecule has 2 nitrogen and oxygen atoms in total. The van der Waals surface area contributed by atoms with Gasteiger partial charge in [-0.2, -0.15) is 0 Å². The summed E-state index contributed by atoms with van der Waals surface area (Å²) in [5, 5.41) is 0.886. The first-order valence-electron chi connectivity index (χ1n) is 10.1. The van der Waals surface area contributed by atoms with E-state index in [9.17, 15) is 0 Å². The van der Waals surface area contributed by atoms with Crippen LogP contribution in [0.2, 0.25) is 0 Å². The van der Waals surface area contributed by atoms with Crippen molar-refractivity contribution in [2.75, 3.05) is 0 Å². The molecule has 0 N–H and O–H groups in total. The summed E-state index contributed by atoms with van der Waals surface area (Å²) in [5.74, 6) is -0.365. The Labute approximate surface area is 175 Å². The molecule has 0 saturated heterocycles. The molecule has 0 radical (unpaired) electrons. The number of nitrogens with zero attached hydrogens (tertiary/aromatic N) is 1. The fourth-order valence-corrected chi connectivity index (χ4v) is 3.87. The summed E-state index contributed by atoms with van der Waals surface area (Å²) < 4.78 is 22.0. The lowest BCUT2D eigenvalue weighted by molar-refractivity contribution is 0.590. The van der Waals surface area contributed by atoms with E-state index < -0.39 is 0 Å². The first-order chi connectivity index (χ1) is 14.4. The Morgan fingerprint density at radius 3 is 2.13 bits per heavy atom. The van der Waals surface area contributed by atoms with Crippen LogP contribution in [-0.4, -0.2) is 4.98 Å². The van der Waals surface area contributed by atoms with E-state index in [-0.39, 0.29) is 11.2 Å². The second-order valence-corrected chi connectivity index (χ2v) is 8.62. The molecule has 2 heterocycles. The molecule has 0 spiro atoms. The number of halogens is 1. The number of hydrogen-bond acceptors (Lipinski definition) is 2. The first kappa shape index (κ1) is 18.6. The number of hydrogen-bond donors (Lipinski definition) is 0. The molecule has 0 atom stereocenters.